The minimum Gasteiger partial charge on any atom is -0.462 e. The molecule has 0 atom stereocenters. The molecule has 0 unspecified atom stereocenters. The summed E-state index contributed by atoms with van der Waals surface area (Å²) in [7, 11) is 0. The summed E-state index contributed by atoms with van der Waals surface area (Å²) in [4.78, 5) is 36.5. The van der Waals surface area contributed by atoms with Gasteiger partial charge in [-0.15, -0.1) is 11.8 Å². The number of carbonyl (C=O) groups excluding carboxylic acids is 2. The Kier molecular flexibility index (Phi) is 6.96. The lowest BCUT2D eigenvalue weighted by molar-refractivity contribution is -0.384. The molecule has 0 radical (unpaired) electrons. The van der Waals surface area contributed by atoms with Gasteiger partial charge in [-0.2, -0.15) is 0 Å². The van der Waals surface area contributed by atoms with E-state index in [0.717, 1.165) is 11.1 Å². The number of carbonyl (C=O) groups is 2. The molecule has 0 spiro atoms. The quantitative estimate of drug-likeness (QED) is 0.214. The first-order chi connectivity index (χ1) is 14.9. The maximum atomic E-state index is 12.8. The molecule has 1 aromatic carbocycles. The summed E-state index contributed by atoms with van der Waals surface area (Å²) < 4.78 is 12.2. The molecule has 31 heavy (non-hydrogen) atoms. The van der Waals surface area contributed by atoms with Crippen LogP contribution in [-0.4, -0.2) is 34.5 Å². The molecule has 0 saturated carbocycles. The summed E-state index contributed by atoms with van der Waals surface area (Å²) in [6.45, 7) is 5.73. The van der Waals surface area contributed by atoms with Gasteiger partial charge < -0.3 is 13.9 Å². The van der Waals surface area contributed by atoms with E-state index in [9.17, 15) is 19.7 Å². The smallest absolute Gasteiger partial charge is 0.356 e. The Hall–Kier alpha value is -3.33. The van der Waals surface area contributed by atoms with Crippen molar-refractivity contribution >= 4 is 34.9 Å². The average molecular weight is 442 g/mol. The van der Waals surface area contributed by atoms with Crippen molar-refractivity contribution in [3.8, 4) is 0 Å². The van der Waals surface area contributed by atoms with Crippen molar-refractivity contribution < 1.29 is 24.0 Å². The van der Waals surface area contributed by atoms with E-state index in [1.54, 1.807) is 36.6 Å². The van der Waals surface area contributed by atoms with Crippen LogP contribution in [0.15, 0.2) is 47.5 Å². The van der Waals surface area contributed by atoms with Gasteiger partial charge in [0.1, 0.15) is 5.69 Å². The van der Waals surface area contributed by atoms with E-state index in [2.05, 4.69) is 0 Å². The molecule has 0 aliphatic carbocycles. The van der Waals surface area contributed by atoms with Gasteiger partial charge in [0.15, 0.2) is 0 Å². The largest absolute Gasteiger partial charge is 0.462 e. The minimum atomic E-state index is -0.539. The van der Waals surface area contributed by atoms with Crippen LogP contribution >= 0.6 is 11.8 Å². The highest BCUT2D eigenvalue weighted by molar-refractivity contribution is 7.98. The highest BCUT2D eigenvalue weighted by Gasteiger charge is 2.29. The summed E-state index contributed by atoms with van der Waals surface area (Å²) in [6, 6.07) is 9.82. The number of benzene rings is 1. The predicted octanol–water partition coefficient (Wildman–Crippen LogP) is 4.80. The van der Waals surface area contributed by atoms with E-state index in [1.807, 2.05) is 19.1 Å². The zero-order chi connectivity index (χ0) is 22.5. The van der Waals surface area contributed by atoms with Gasteiger partial charge in [-0.3, -0.25) is 10.1 Å². The standard InChI is InChI=1S/C22H22N2O6S/c1-4-29-21(25)18-17-12-14(3)10-11-23(17)19(22(26)30-5-2)20(18)31-13-15-6-8-16(9-7-15)24(27)28/h6-12H,4-5,13H2,1-3H3. The van der Waals surface area contributed by atoms with Crippen molar-refractivity contribution in [3.63, 3.8) is 0 Å². The molecule has 3 aromatic rings. The number of hydrogen-bond acceptors (Lipinski definition) is 7. The number of pyridine rings is 1. The van der Waals surface area contributed by atoms with Gasteiger partial charge >= 0.3 is 11.9 Å². The molecule has 0 fully saturated rings. The van der Waals surface area contributed by atoms with Crippen LogP contribution in [0.3, 0.4) is 0 Å². The van der Waals surface area contributed by atoms with Gasteiger partial charge in [-0.1, -0.05) is 12.1 Å². The topological polar surface area (TPSA) is 100 Å². The zero-order valence-electron chi connectivity index (χ0n) is 17.4. The summed E-state index contributed by atoms with van der Waals surface area (Å²) in [5, 5.41) is 10.9. The molecule has 0 amide bonds. The van der Waals surface area contributed by atoms with Crippen LogP contribution in [0.5, 0.6) is 0 Å². The van der Waals surface area contributed by atoms with E-state index in [-0.39, 0.29) is 24.6 Å². The maximum absolute atomic E-state index is 12.8. The van der Waals surface area contributed by atoms with Crippen molar-refractivity contribution in [2.45, 2.75) is 31.4 Å². The van der Waals surface area contributed by atoms with Gasteiger partial charge in [0.05, 0.1) is 34.1 Å². The first-order valence-electron chi connectivity index (χ1n) is 9.72. The van der Waals surface area contributed by atoms with Crippen molar-refractivity contribution in [2.75, 3.05) is 13.2 Å². The average Bonchev–Trinajstić information content (AvgIpc) is 3.06. The number of ether oxygens (including phenoxy) is 2. The molecular formula is C22H22N2O6S. The van der Waals surface area contributed by atoms with E-state index >= 15 is 0 Å². The third kappa shape index (κ3) is 4.72. The third-order valence-electron chi connectivity index (χ3n) is 4.53. The molecule has 8 nitrogen and oxygen atoms in total. The Labute approximate surface area is 183 Å². The molecule has 2 heterocycles. The van der Waals surface area contributed by atoms with Gasteiger partial charge in [0, 0.05) is 24.1 Å². The van der Waals surface area contributed by atoms with Gasteiger partial charge in [-0.05, 0) is 44.0 Å². The lowest BCUT2D eigenvalue weighted by Gasteiger charge is -2.08. The Balaban J connectivity index is 2.10. The molecular weight excluding hydrogens is 420 g/mol. The number of nitrogens with zero attached hydrogens (tertiary/aromatic N) is 2. The second kappa shape index (κ2) is 9.65. The Bertz CT molecular complexity index is 1140. The molecule has 162 valence electrons. The second-order valence-corrected chi connectivity index (χ2v) is 7.65. The number of aromatic nitrogens is 1. The molecule has 0 saturated heterocycles. The van der Waals surface area contributed by atoms with Crippen LogP contribution in [0.1, 0.15) is 45.8 Å². The van der Waals surface area contributed by atoms with Crippen LogP contribution < -0.4 is 0 Å². The predicted molar refractivity (Wildman–Crippen MR) is 117 cm³/mol. The number of hydrogen-bond donors (Lipinski definition) is 0. The number of nitro groups is 1. The zero-order valence-corrected chi connectivity index (χ0v) is 18.2. The van der Waals surface area contributed by atoms with Crippen molar-refractivity contribution in [3.05, 3.63) is 75.1 Å². The number of fused-ring (bicyclic) bond motifs is 1. The van der Waals surface area contributed by atoms with Crippen molar-refractivity contribution in [1.82, 2.24) is 4.40 Å². The van der Waals surface area contributed by atoms with E-state index < -0.39 is 16.9 Å². The van der Waals surface area contributed by atoms with E-state index in [0.29, 0.717) is 21.7 Å². The maximum Gasteiger partial charge on any atom is 0.356 e. The molecule has 3 rings (SSSR count). The van der Waals surface area contributed by atoms with Crippen molar-refractivity contribution in [2.24, 2.45) is 0 Å². The molecule has 9 heteroatoms. The van der Waals surface area contributed by atoms with E-state index in [4.69, 9.17) is 9.47 Å². The Morgan fingerprint density at radius 1 is 1.06 bits per heavy atom. The molecule has 0 bridgehead atoms. The first kappa shape index (κ1) is 22.4. The number of nitro benzene ring substituents is 1. The highest BCUT2D eigenvalue weighted by Crippen LogP contribution is 2.36. The summed E-state index contributed by atoms with van der Waals surface area (Å²) in [5.74, 6) is -0.664. The summed E-state index contributed by atoms with van der Waals surface area (Å²) >= 11 is 1.29. The number of rotatable bonds is 8. The van der Waals surface area contributed by atoms with Crippen LogP contribution in [0.4, 0.5) is 5.69 Å². The minimum absolute atomic E-state index is 0.00162. The van der Waals surface area contributed by atoms with E-state index in [1.165, 1.54) is 23.9 Å². The highest BCUT2D eigenvalue weighted by atomic mass is 32.2. The normalized spacial score (nSPS) is 10.8. The van der Waals surface area contributed by atoms with Gasteiger partial charge in [0.25, 0.3) is 5.69 Å². The number of aryl methyl sites for hydroxylation is 1. The molecule has 0 N–H and O–H groups in total. The third-order valence-corrected chi connectivity index (χ3v) is 5.69. The van der Waals surface area contributed by atoms with Crippen molar-refractivity contribution in [1.29, 1.82) is 0 Å². The number of thioether (sulfide) groups is 1. The molecule has 0 aliphatic heterocycles. The van der Waals surface area contributed by atoms with Crippen LogP contribution in [0.25, 0.3) is 5.52 Å². The van der Waals surface area contributed by atoms with Gasteiger partial charge in [-0.25, -0.2) is 9.59 Å². The number of non-ortho nitro benzene ring substituents is 1. The first-order valence-corrected chi connectivity index (χ1v) is 10.7. The lowest BCUT2D eigenvalue weighted by Crippen LogP contribution is -2.10. The molecule has 0 aliphatic rings. The van der Waals surface area contributed by atoms with Crippen LogP contribution in [0.2, 0.25) is 0 Å². The second-order valence-electron chi connectivity index (χ2n) is 6.67. The van der Waals surface area contributed by atoms with Gasteiger partial charge in [0.2, 0.25) is 0 Å². The van der Waals surface area contributed by atoms with Crippen LogP contribution in [-0.2, 0) is 15.2 Å². The number of esters is 2. The molecule has 2 aromatic heterocycles. The lowest BCUT2D eigenvalue weighted by atomic mass is 10.2. The monoisotopic (exact) mass is 442 g/mol. The Morgan fingerprint density at radius 3 is 2.32 bits per heavy atom. The summed E-state index contributed by atoms with van der Waals surface area (Å²) in [5.41, 5.74) is 2.86. The fraction of sp³-hybridized carbons (Fsp3) is 0.273. The fourth-order valence-corrected chi connectivity index (χ4v) is 4.29. The van der Waals surface area contributed by atoms with Crippen LogP contribution in [0, 0.1) is 17.0 Å². The SMILES string of the molecule is CCOC(=O)c1c(SCc2ccc([N+](=O)[O-])cc2)c(C(=O)OCC)n2ccc(C)cc12. The summed E-state index contributed by atoms with van der Waals surface area (Å²) in [6.07, 6.45) is 1.73. The fourth-order valence-electron chi connectivity index (χ4n) is 3.14. The Morgan fingerprint density at radius 2 is 1.71 bits per heavy atom.